The summed E-state index contributed by atoms with van der Waals surface area (Å²) in [5.74, 6) is -1.21. The van der Waals surface area contributed by atoms with Gasteiger partial charge in [-0.3, -0.25) is 9.59 Å². The number of anilines is 1. The number of aromatic nitrogens is 1. The number of rotatable bonds is 8. The molecule has 1 amide bonds. The molecule has 2 heterocycles. The van der Waals surface area contributed by atoms with Gasteiger partial charge in [0.15, 0.2) is 0 Å². The van der Waals surface area contributed by atoms with Gasteiger partial charge < -0.3 is 15.7 Å². The number of benzene rings is 2. The molecular formula is C27H27N3O3S. The lowest BCUT2D eigenvalue weighted by molar-refractivity contribution is -0.141. The first kappa shape index (κ1) is 23.6. The Morgan fingerprint density at radius 1 is 1.09 bits per heavy atom. The summed E-state index contributed by atoms with van der Waals surface area (Å²) in [7, 11) is 0. The zero-order valence-corrected chi connectivity index (χ0v) is 19.6. The Kier molecular flexibility index (Phi) is 7.33. The Hall–Kier alpha value is -3.58. The van der Waals surface area contributed by atoms with E-state index in [0.717, 1.165) is 22.3 Å². The molecule has 1 aromatic heterocycles. The highest BCUT2D eigenvalue weighted by Crippen LogP contribution is 2.24. The first-order valence-corrected chi connectivity index (χ1v) is 11.7. The number of thiol groups is 1. The van der Waals surface area contributed by atoms with Crippen molar-refractivity contribution in [2.24, 2.45) is 5.92 Å². The van der Waals surface area contributed by atoms with E-state index in [1.54, 1.807) is 23.2 Å². The van der Waals surface area contributed by atoms with Crippen molar-refractivity contribution in [2.45, 2.75) is 31.1 Å². The number of aryl methyl sites for hydroxylation is 1. The van der Waals surface area contributed by atoms with Crippen LogP contribution in [0.2, 0.25) is 0 Å². The Bertz CT molecular complexity index is 1210. The van der Waals surface area contributed by atoms with Crippen molar-refractivity contribution in [1.82, 2.24) is 9.88 Å². The summed E-state index contributed by atoms with van der Waals surface area (Å²) in [6, 6.07) is 19.0. The van der Waals surface area contributed by atoms with E-state index in [0.29, 0.717) is 37.2 Å². The van der Waals surface area contributed by atoms with Gasteiger partial charge in [0.05, 0.1) is 12.5 Å². The van der Waals surface area contributed by atoms with Gasteiger partial charge in [-0.25, -0.2) is 4.98 Å². The van der Waals surface area contributed by atoms with E-state index in [1.807, 2.05) is 60.8 Å². The minimum absolute atomic E-state index is 0.0608. The van der Waals surface area contributed by atoms with Crippen molar-refractivity contribution in [2.75, 3.05) is 5.73 Å². The first-order valence-electron chi connectivity index (χ1n) is 11.2. The molecule has 7 heteroatoms. The molecule has 2 atom stereocenters. The van der Waals surface area contributed by atoms with Crippen LogP contribution in [0.1, 0.15) is 39.0 Å². The molecule has 0 bridgehead atoms. The number of nitrogen functional groups attached to an aromatic ring is 1. The van der Waals surface area contributed by atoms with Gasteiger partial charge >= 0.3 is 5.97 Å². The highest BCUT2D eigenvalue weighted by molar-refractivity contribution is 7.81. The van der Waals surface area contributed by atoms with Crippen molar-refractivity contribution >= 4 is 36.4 Å². The molecule has 0 fully saturated rings. The average molecular weight is 474 g/mol. The summed E-state index contributed by atoms with van der Waals surface area (Å²) in [4.78, 5) is 30.7. The van der Waals surface area contributed by atoms with Crippen molar-refractivity contribution < 1.29 is 14.7 Å². The molecule has 4 rings (SSSR count). The van der Waals surface area contributed by atoms with Crippen LogP contribution in [0, 0.1) is 5.92 Å². The quantitative estimate of drug-likeness (QED) is 0.420. The number of nitrogens with zero attached hydrogens (tertiary/aromatic N) is 2. The highest BCUT2D eigenvalue weighted by atomic mass is 32.1. The van der Waals surface area contributed by atoms with Gasteiger partial charge in [-0.2, -0.15) is 12.6 Å². The lowest BCUT2D eigenvalue weighted by Gasteiger charge is -2.24. The smallest absolute Gasteiger partial charge is 0.307 e. The summed E-state index contributed by atoms with van der Waals surface area (Å²) in [6.45, 7) is 0.536. The molecular weight excluding hydrogens is 446 g/mol. The third-order valence-electron chi connectivity index (χ3n) is 6.08. The maximum Gasteiger partial charge on any atom is 0.307 e. The number of hydrogen-bond acceptors (Lipinski definition) is 5. The van der Waals surface area contributed by atoms with Crippen molar-refractivity contribution in [3.63, 3.8) is 0 Å². The predicted molar refractivity (Wildman–Crippen MR) is 136 cm³/mol. The zero-order chi connectivity index (χ0) is 24.1. The largest absolute Gasteiger partial charge is 0.481 e. The van der Waals surface area contributed by atoms with E-state index in [2.05, 4.69) is 17.6 Å². The number of nitrogens with two attached hydrogens (primary N) is 1. The lowest BCUT2D eigenvalue weighted by Crippen LogP contribution is -2.28. The zero-order valence-electron chi connectivity index (χ0n) is 18.7. The van der Waals surface area contributed by atoms with Gasteiger partial charge in [0.25, 0.3) is 5.91 Å². The second kappa shape index (κ2) is 10.6. The molecule has 0 saturated carbocycles. The molecule has 3 N–H and O–H groups in total. The molecule has 0 saturated heterocycles. The van der Waals surface area contributed by atoms with Crippen molar-refractivity contribution in [3.05, 3.63) is 101 Å². The minimum atomic E-state index is -0.891. The third-order valence-corrected chi connectivity index (χ3v) is 6.70. The number of aliphatic carboxylic acids is 1. The van der Waals surface area contributed by atoms with Gasteiger partial charge in [0.1, 0.15) is 5.82 Å². The molecule has 174 valence electrons. The number of carbonyl (C=O) groups is 2. The molecule has 0 aliphatic carbocycles. The van der Waals surface area contributed by atoms with E-state index in [4.69, 9.17) is 5.73 Å². The molecule has 1 aliphatic heterocycles. The molecule has 2 unspecified atom stereocenters. The van der Waals surface area contributed by atoms with Crippen LogP contribution in [0.4, 0.5) is 5.82 Å². The molecule has 6 nitrogen and oxygen atoms in total. The number of amides is 1. The monoisotopic (exact) mass is 473 g/mol. The van der Waals surface area contributed by atoms with E-state index in [-0.39, 0.29) is 11.2 Å². The molecule has 0 spiro atoms. The number of fused-ring (bicyclic) bond motifs is 1. The number of carboxylic acids is 1. The summed E-state index contributed by atoms with van der Waals surface area (Å²) in [5, 5.41) is 9.39. The number of carboxylic acid groups (broad SMARTS) is 1. The fourth-order valence-electron chi connectivity index (χ4n) is 4.13. The van der Waals surface area contributed by atoms with Crippen LogP contribution >= 0.6 is 12.6 Å². The number of carbonyl (C=O) groups excluding carboxylic acids is 1. The number of hydrogen-bond donors (Lipinski definition) is 3. The molecule has 0 radical (unpaired) electrons. The first-order chi connectivity index (χ1) is 16.4. The van der Waals surface area contributed by atoms with Crippen LogP contribution in [0.15, 0.2) is 73.1 Å². The molecule has 3 aromatic rings. The van der Waals surface area contributed by atoms with Gasteiger partial charge in [-0.15, -0.1) is 0 Å². The van der Waals surface area contributed by atoms with Crippen LogP contribution < -0.4 is 5.73 Å². The van der Waals surface area contributed by atoms with E-state index in [9.17, 15) is 14.7 Å². The van der Waals surface area contributed by atoms with Crippen LogP contribution in [0.25, 0.3) is 6.08 Å². The Labute approximate surface area is 204 Å². The van der Waals surface area contributed by atoms with Gasteiger partial charge in [0, 0.05) is 23.2 Å². The summed E-state index contributed by atoms with van der Waals surface area (Å²) < 4.78 is 0. The van der Waals surface area contributed by atoms with Gasteiger partial charge in [-0.05, 0) is 65.8 Å². The molecule has 1 aliphatic rings. The summed E-state index contributed by atoms with van der Waals surface area (Å²) in [5.41, 5.74) is 10.3. The van der Waals surface area contributed by atoms with Crippen molar-refractivity contribution in [1.29, 1.82) is 0 Å². The standard InChI is InChI=1S/C27H27N3O3S/c28-25-11-9-19(16-29-25)15-23(27(32)33)24(34)10-8-18-4-3-7-21(14-18)26(31)30-13-12-20-5-1-2-6-22(20)17-30/h1-7,9,11-14,16,23-24,34H,8,10,15,17H2,(H2,28,29)(H,32,33). The van der Waals surface area contributed by atoms with Crippen LogP contribution in [-0.2, 0) is 24.2 Å². The van der Waals surface area contributed by atoms with Crippen LogP contribution in [-0.4, -0.2) is 32.1 Å². The maximum absolute atomic E-state index is 13.1. The van der Waals surface area contributed by atoms with Gasteiger partial charge in [-0.1, -0.05) is 42.5 Å². The predicted octanol–water partition coefficient (Wildman–Crippen LogP) is 4.47. The topological polar surface area (TPSA) is 96.5 Å². The maximum atomic E-state index is 13.1. The van der Waals surface area contributed by atoms with E-state index >= 15 is 0 Å². The normalized spacial score (nSPS) is 14.3. The van der Waals surface area contributed by atoms with Crippen LogP contribution in [0.3, 0.4) is 0 Å². The summed E-state index contributed by atoms with van der Waals surface area (Å²) in [6.07, 6.45) is 6.90. The lowest BCUT2D eigenvalue weighted by atomic mass is 9.93. The number of pyridine rings is 1. The average Bonchev–Trinajstić information content (AvgIpc) is 2.86. The Morgan fingerprint density at radius 3 is 2.68 bits per heavy atom. The molecule has 2 aromatic carbocycles. The molecule has 34 heavy (non-hydrogen) atoms. The second-order valence-electron chi connectivity index (χ2n) is 8.49. The van der Waals surface area contributed by atoms with Gasteiger partial charge in [0.2, 0.25) is 0 Å². The fourth-order valence-corrected chi connectivity index (χ4v) is 4.49. The fraction of sp³-hybridized carbons (Fsp3) is 0.222. The van der Waals surface area contributed by atoms with E-state index < -0.39 is 11.9 Å². The highest BCUT2D eigenvalue weighted by Gasteiger charge is 2.26. The Balaban J connectivity index is 1.39. The SMILES string of the molecule is Nc1ccc(CC(C(=O)O)C(S)CCc2cccc(C(=O)N3C=Cc4ccccc4C3)c2)cn1. The second-order valence-corrected chi connectivity index (χ2v) is 9.16. The van der Waals surface area contributed by atoms with E-state index in [1.165, 1.54) is 0 Å². The van der Waals surface area contributed by atoms with Crippen LogP contribution in [0.5, 0.6) is 0 Å². The third kappa shape index (κ3) is 5.66. The minimum Gasteiger partial charge on any atom is -0.481 e. The Morgan fingerprint density at radius 2 is 1.91 bits per heavy atom. The van der Waals surface area contributed by atoms with Crippen molar-refractivity contribution in [3.8, 4) is 0 Å². The summed E-state index contributed by atoms with van der Waals surface area (Å²) >= 11 is 4.61.